The maximum atomic E-state index is 11.9. The number of carbonyl (C=O) groups excluding carboxylic acids is 2. The van der Waals surface area contributed by atoms with Crippen LogP contribution in [0.3, 0.4) is 0 Å². The highest BCUT2D eigenvalue weighted by Gasteiger charge is 2.29. The third-order valence-electron chi connectivity index (χ3n) is 3.74. The van der Waals surface area contributed by atoms with Crippen LogP contribution in [0.15, 0.2) is 12.2 Å². The van der Waals surface area contributed by atoms with E-state index in [4.69, 9.17) is 10.5 Å². The Balaban J connectivity index is 1.96. The smallest absolute Gasteiger partial charge is 0.247 e. The molecule has 2 aliphatic rings. The van der Waals surface area contributed by atoms with Crippen molar-refractivity contribution in [2.45, 2.75) is 37.8 Å². The predicted octanol–water partition coefficient (Wildman–Crippen LogP) is 0.572. The maximum absolute atomic E-state index is 11.9. The lowest BCUT2D eigenvalue weighted by Crippen LogP contribution is -2.35. The number of rotatable bonds is 2. The summed E-state index contributed by atoms with van der Waals surface area (Å²) in [5.74, 6) is -0.620. The largest absolute Gasteiger partial charge is 0.323 e. The van der Waals surface area contributed by atoms with Crippen LogP contribution in [0.25, 0.3) is 0 Å². The summed E-state index contributed by atoms with van der Waals surface area (Å²) in [5.41, 5.74) is 0. The molecule has 2 unspecified atom stereocenters. The van der Waals surface area contributed by atoms with Gasteiger partial charge in [0.15, 0.2) is 0 Å². The van der Waals surface area contributed by atoms with E-state index in [1.165, 1.54) is 22.0 Å². The molecule has 2 fully saturated rings. The van der Waals surface area contributed by atoms with E-state index in [9.17, 15) is 9.59 Å². The maximum Gasteiger partial charge on any atom is 0.247 e. The number of hydrogen-bond donors (Lipinski definition) is 0. The quantitative estimate of drug-likeness (QED) is 0.687. The van der Waals surface area contributed by atoms with Crippen LogP contribution in [0, 0.1) is 22.7 Å². The highest BCUT2D eigenvalue weighted by Crippen LogP contribution is 2.18. The van der Waals surface area contributed by atoms with Crippen LogP contribution < -0.4 is 0 Å². The van der Waals surface area contributed by atoms with Crippen LogP contribution in [0.1, 0.15) is 25.7 Å². The average Bonchev–Trinajstić information content (AvgIpc) is 3.11. The van der Waals surface area contributed by atoms with E-state index in [0.717, 1.165) is 12.8 Å². The third-order valence-corrected chi connectivity index (χ3v) is 3.74. The summed E-state index contributed by atoms with van der Waals surface area (Å²) in [6.07, 6.45) is 5.43. The Labute approximate surface area is 117 Å². The van der Waals surface area contributed by atoms with Crippen molar-refractivity contribution >= 4 is 11.8 Å². The molecule has 0 aliphatic carbocycles. The van der Waals surface area contributed by atoms with Crippen LogP contribution in [0.4, 0.5) is 0 Å². The van der Waals surface area contributed by atoms with Gasteiger partial charge in [0.25, 0.3) is 0 Å². The number of likely N-dealkylation sites (tertiary alicyclic amines) is 2. The lowest BCUT2D eigenvalue weighted by atomic mass is 10.2. The summed E-state index contributed by atoms with van der Waals surface area (Å²) < 4.78 is 0. The molecular formula is C14H16N4O2. The molecule has 0 aromatic heterocycles. The van der Waals surface area contributed by atoms with Gasteiger partial charge in [-0.2, -0.15) is 10.5 Å². The Kier molecular flexibility index (Phi) is 4.37. The zero-order valence-corrected chi connectivity index (χ0v) is 11.2. The number of carbonyl (C=O) groups is 2. The lowest BCUT2D eigenvalue weighted by molar-refractivity contribution is -0.128. The summed E-state index contributed by atoms with van der Waals surface area (Å²) in [6, 6.07) is 3.40. The fraction of sp³-hybridized carbons (Fsp3) is 0.571. The monoisotopic (exact) mass is 272 g/mol. The van der Waals surface area contributed by atoms with Crippen LogP contribution in [-0.4, -0.2) is 46.8 Å². The molecule has 0 radical (unpaired) electrons. The van der Waals surface area contributed by atoms with E-state index in [1.54, 1.807) is 0 Å². The van der Waals surface area contributed by atoms with Crippen molar-refractivity contribution in [3.8, 4) is 12.1 Å². The summed E-state index contributed by atoms with van der Waals surface area (Å²) in [6.45, 7) is 1.11. The molecule has 2 rings (SSSR count). The van der Waals surface area contributed by atoms with Gasteiger partial charge in [-0.3, -0.25) is 9.59 Å². The molecule has 20 heavy (non-hydrogen) atoms. The number of amides is 2. The minimum absolute atomic E-state index is 0.310. The zero-order valence-electron chi connectivity index (χ0n) is 11.2. The fourth-order valence-electron chi connectivity index (χ4n) is 2.66. The molecule has 2 amide bonds. The minimum atomic E-state index is -0.388. The highest BCUT2D eigenvalue weighted by molar-refractivity contribution is 5.97. The zero-order chi connectivity index (χ0) is 14.5. The Bertz CT molecular complexity index is 468. The molecule has 0 aromatic carbocycles. The van der Waals surface area contributed by atoms with Crippen LogP contribution in [0.2, 0.25) is 0 Å². The van der Waals surface area contributed by atoms with Crippen molar-refractivity contribution < 1.29 is 9.59 Å². The number of nitriles is 2. The molecule has 2 heterocycles. The average molecular weight is 272 g/mol. The van der Waals surface area contributed by atoms with Gasteiger partial charge in [0.05, 0.1) is 12.1 Å². The van der Waals surface area contributed by atoms with Crippen molar-refractivity contribution in [3.05, 3.63) is 12.2 Å². The normalized spacial score (nSPS) is 25.7. The number of hydrogen-bond acceptors (Lipinski definition) is 4. The van der Waals surface area contributed by atoms with Gasteiger partial charge in [0.2, 0.25) is 11.8 Å². The fourth-order valence-corrected chi connectivity index (χ4v) is 2.66. The van der Waals surface area contributed by atoms with Crippen molar-refractivity contribution in [2.75, 3.05) is 13.1 Å². The molecule has 2 saturated heterocycles. The Morgan fingerprint density at radius 2 is 1.30 bits per heavy atom. The van der Waals surface area contributed by atoms with Gasteiger partial charge in [-0.25, -0.2) is 0 Å². The van der Waals surface area contributed by atoms with E-state index >= 15 is 0 Å². The molecule has 0 spiro atoms. The Morgan fingerprint density at radius 3 is 1.65 bits per heavy atom. The standard InChI is InChI=1S/C14H16N4O2/c15-9-11-3-1-7-17(11)13(19)5-6-14(20)18-8-2-4-12(18)10-16/h5-6,11-12H,1-4,7-8H2/b6-5+. The molecule has 6 heteroatoms. The van der Waals surface area contributed by atoms with Gasteiger partial charge in [-0.1, -0.05) is 0 Å². The Morgan fingerprint density at radius 1 is 0.900 bits per heavy atom. The van der Waals surface area contributed by atoms with E-state index < -0.39 is 0 Å². The van der Waals surface area contributed by atoms with Crippen molar-refractivity contribution in [1.29, 1.82) is 10.5 Å². The van der Waals surface area contributed by atoms with Gasteiger partial charge in [0, 0.05) is 25.2 Å². The van der Waals surface area contributed by atoms with Crippen molar-refractivity contribution in [3.63, 3.8) is 0 Å². The second-order valence-electron chi connectivity index (χ2n) is 4.97. The molecule has 6 nitrogen and oxygen atoms in total. The van der Waals surface area contributed by atoms with Gasteiger partial charge >= 0.3 is 0 Å². The van der Waals surface area contributed by atoms with Gasteiger partial charge in [0.1, 0.15) is 12.1 Å². The second-order valence-corrected chi connectivity index (χ2v) is 4.97. The van der Waals surface area contributed by atoms with E-state index in [0.29, 0.717) is 25.9 Å². The summed E-state index contributed by atoms with van der Waals surface area (Å²) >= 11 is 0. The SMILES string of the molecule is N#CC1CCCN1C(=O)/C=C/C(=O)N1CCCC1C#N. The minimum Gasteiger partial charge on any atom is -0.323 e. The first-order valence-corrected chi connectivity index (χ1v) is 6.76. The van der Waals surface area contributed by atoms with E-state index in [1.807, 2.05) is 0 Å². The first-order valence-electron chi connectivity index (χ1n) is 6.76. The van der Waals surface area contributed by atoms with Crippen molar-refractivity contribution in [2.24, 2.45) is 0 Å². The molecule has 0 saturated carbocycles. The lowest BCUT2D eigenvalue weighted by Gasteiger charge is -2.18. The second kappa shape index (κ2) is 6.21. The molecule has 0 N–H and O–H groups in total. The number of nitrogens with zero attached hydrogens (tertiary/aromatic N) is 4. The van der Waals surface area contributed by atoms with Gasteiger partial charge in [-0.05, 0) is 25.7 Å². The molecule has 2 aliphatic heterocycles. The highest BCUT2D eigenvalue weighted by atomic mass is 16.2. The van der Waals surface area contributed by atoms with E-state index in [-0.39, 0.29) is 23.9 Å². The first-order chi connectivity index (χ1) is 9.67. The molecule has 0 bridgehead atoms. The predicted molar refractivity (Wildman–Crippen MR) is 69.8 cm³/mol. The van der Waals surface area contributed by atoms with E-state index in [2.05, 4.69) is 12.1 Å². The summed E-state index contributed by atoms with van der Waals surface area (Å²) in [4.78, 5) is 26.8. The molecular weight excluding hydrogens is 256 g/mol. The van der Waals surface area contributed by atoms with Crippen LogP contribution in [-0.2, 0) is 9.59 Å². The molecule has 0 aromatic rings. The third kappa shape index (κ3) is 2.80. The first kappa shape index (κ1) is 14.1. The summed E-state index contributed by atoms with van der Waals surface area (Å²) in [5, 5.41) is 17.8. The van der Waals surface area contributed by atoms with Gasteiger partial charge < -0.3 is 9.80 Å². The van der Waals surface area contributed by atoms with Crippen LogP contribution in [0.5, 0.6) is 0 Å². The Hall–Kier alpha value is -2.34. The molecule has 104 valence electrons. The van der Waals surface area contributed by atoms with Crippen molar-refractivity contribution in [1.82, 2.24) is 9.80 Å². The topological polar surface area (TPSA) is 88.2 Å². The van der Waals surface area contributed by atoms with Gasteiger partial charge in [-0.15, -0.1) is 0 Å². The van der Waals surface area contributed by atoms with Crippen LogP contribution >= 0.6 is 0 Å². The molecule has 2 atom stereocenters. The summed E-state index contributed by atoms with van der Waals surface area (Å²) in [7, 11) is 0.